The van der Waals surface area contributed by atoms with E-state index in [-0.39, 0.29) is 23.4 Å². The van der Waals surface area contributed by atoms with Crippen molar-refractivity contribution in [2.45, 2.75) is 18.6 Å². The second-order valence-corrected chi connectivity index (χ2v) is 6.86. The molecule has 134 valence electrons. The molecule has 26 heavy (non-hydrogen) atoms. The summed E-state index contributed by atoms with van der Waals surface area (Å²) in [7, 11) is 0. The molecule has 1 atom stereocenters. The van der Waals surface area contributed by atoms with Crippen molar-refractivity contribution in [1.82, 2.24) is 0 Å². The van der Waals surface area contributed by atoms with Gasteiger partial charge in [0.2, 0.25) is 11.8 Å². The van der Waals surface area contributed by atoms with E-state index in [9.17, 15) is 14.0 Å². The van der Waals surface area contributed by atoms with Crippen molar-refractivity contribution in [3.05, 3.63) is 59.9 Å². The Morgan fingerprint density at radius 2 is 1.65 bits per heavy atom. The number of anilines is 2. The molecular weight excluding hydrogens is 353 g/mol. The van der Waals surface area contributed by atoms with Gasteiger partial charge in [0.1, 0.15) is 5.82 Å². The smallest absolute Gasteiger partial charge is 0.237 e. The number of benzene rings is 2. The Kier molecular flexibility index (Phi) is 7.18. The maximum atomic E-state index is 12.8. The maximum absolute atomic E-state index is 12.8. The number of carbonyl (C=O) groups excluding carboxylic acids is 2. The third-order valence-corrected chi connectivity index (χ3v) is 4.61. The second-order valence-electron chi connectivity index (χ2n) is 5.53. The lowest BCUT2D eigenvalue weighted by atomic mass is 10.1. The zero-order valence-electron chi connectivity index (χ0n) is 14.2. The molecule has 0 aromatic heterocycles. The number of carbonyl (C=O) groups is 2. The van der Waals surface area contributed by atoms with E-state index in [4.69, 9.17) is 5.26 Å². The predicted molar refractivity (Wildman–Crippen MR) is 101 cm³/mol. The fourth-order valence-electron chi connectivity index (χ4n) is 2.05. The van der Waals surface area contributed by atoms with Crippen LogP contribution in [0.3, 0.4) is 0 Å². The summed E-state index contributed by atoms with van der Waals surface area (Å²) < 4.78 is 12.8. The van der Waals surface area contributed by atoms with E-state index < -0.39 is 5.25 Å². The first-order valence-corrected chi connectivity index (χ1v) is 8.96. The molecule has 2 aromatic carbocycles. The number of amides is 2. The minimum Gasteiger partial charge on any atom is -0.325 e. The molecule has 1 unspecified atom stereocenters. The standard InChI is InChI=1S/C19H18FN3O2S/c1-13(19(25)23-17-6-2-14(3-7-17)10-11-21)26-12-18(24)22-16-8-4-15(20)5-9-16/h2-9,13H,10,12H2,1H3,(H,22,24)(H,23,25). The Labute approximate surface area is 155 Å². The van der Waals surface area contributed by atoms with Crippen LogP contribution in [0, 0.1) is 17.1 Å². The maximum Gasteiger partial charge on any atom is 0.237 e. The van der Waals surface area contributed by atoms with Crippen molar-refractivity contribution >= 4 is 35.0 Å². The molecule has 7 heteroatoms. The third kappa shape index (κ3) is 6.22. The van der Waals surface area contributed by atoms with Crippen LogP contribution in [-0.2, 0) is 16.0 Å². The Balaban J connectivity index is 1.78. The van der Waals surface area contributed by atoms with Crippen LogP contribution in [0.25, 0.3) is 0 Å². The lowest BCUT2D eigenvalue weighted by molar-refractivity contribution is -0.115. The topological polar surface area (TPSA) is 82.0 Å². The van der Waals surface area contributed by atoms with E-state index in [1.165, 1.54) is 36.0 Å². The largest absolute Gasteiger partial charge is 0.325 e. The average Bonchev–Trinajstić information content (AvgIpc) is 2.63. The van der Waals surface area contributed by atoms with E-state index in [0.29, 0.717) is 17.8 Å². The molecule has 0 spiro atoms. The van der Waals surface area contributed by atoms with Gasteiger partial charge in [-0.05, 0) is 48.9 Å². The second kappa shape index (κ2) is 9.59. The first-order chi connectivity index (χ1) is 12.5. The molecule has 5 nitrogen and oxygen atoms in total. The van der Waals surface area contributed by atoms with Crippen molar-refractivity contribution < 1.29 is 14.0 Å². The molecule has 0 aliphatic carbocycles. The molecule has 0 aliphatic rings. The van der Waals surface area contributed by atoms with Gasteiger partial charge >= 0.3 is 0 Å². The highest BCUT2D eigenvalue weighted by molar-refractivity contribution is 8.01. The zero-order valence-corrected chi connectivity index (χ0v) is 15.0. The summed E-state index contributed by atoms with van der Waals surface area (Å²) in [6, 6.07) is 14.6. The van der Waals surface area contributed by atoms with Crippen LogP contribution in [-0.4, -0.2) is 22.8 Å². The lowest BCUT2D eigenvalue weighted by Gasteiger charge is -2.12. The fraction of sp³-hybridized carbons (Fsp3) is 0.211. The van der Waals surface area contributed by atoms with Crippen LogP contribution < -0.4 is 10.6 Å². The van der Waals surface area contributed by atoms with Crippen molar-refractivity contribution in [2.24, 2.45) is 0 Å². The highest BCUT2D eigenvalue weighted by Gasteiger charge is 2.15. The molecule has 2 aromatic rings. The third-order valence-electron chi connectivity index (χ3n) is 3.47. The number of rotatable bonds is 7. The summed E-state index contributed by atoms with van der Waals surface area (Å²) in [5, 5.41) is 13.6. The van der Waals surface area contributed by atoms with Gasteiger partial charge in [-0.1, -0.05) is 12.1 Å². The molecule has 2 N–H and O–H groups in total. The van der Waals surface area contributed by atoms with E-state index in [1.54, 1.807) is 31.2 Å². The van der Waals surface area contributed by atoms with E-state index in [2.05, 4.69) is 16.7 Å². The first kappa shape index (κ1) is 19.5. The Morgan fingerprint density at radius 3 is 2.27 bits per heavy atom. The highest BCUT2D eigenvalue weighted by atomic mass is 32.2. The number of hydrogen-bond acceptors (Lipinski definition) is 4. The summed E-state index contributed by atoms with van der Waals surface area (Å²) in [5.74, 6) is -0.740. The normalized spacial score (nSPS) is 11.3. The average molecular weight is 371 g/mol. The number of halogens is 1. The first-order valence-electron chi connectivity index (χ1n) is 7.91. The van der Waals surface area contributed by atoms with Gasteiger partial charge in [-0.15, -0.1) is 11.8 Å². The molecule has 2 rings (SSSR count). The van der Waals surface area contributed by atoms with Gasteiger partial charge in [-0.2, -0.15) is 5.26 Å². The lowest BCUT2D eigenvalue weighted by Crippen LogP contribution is -2.25. The summed E-state index contributed by atoms with van der Waals surface area (Å²) in [6.07, 6.45) is 0.323. The SMILES string of the molecule is CC(SCC(=O)Nc1ccc(F)cc1)C(=O)Nc1ccc(CC#N)cc1. The van der Waals surface area contributed by atoms with Gasteiger partial charge in [-0.3, -0.25) is 9.59 Å². The van der Waals surface area contributed by atoms with Crippen LogP contribution in [0.2, 0.25) is 0 Å². The number of nitrogens with zero attached hydrogens (tertiary/aromatic N) is 1. The Hall–Kier alpha value is -2.85. The summed E-state index contributed by atoms with van der Waals surface area (Å²) in [4.78, 5) is 24.1. The highest BCUT2D eigenvalue weighted by Crippen LogP contribution is 2.16. The van der Waals surface area contributed by atoms with Crippen molar-refractivity contribution in [2.75, 3.05) is 16.4 Å². The van der Waals surface area contributed by atoms with E-state index in [0.717, 1.165) is 5.56 Å². The summed E-state index contributed by atoms with van der Waals surface area (Å²) >= 11 is 1.20. The molecule has 0 bridgehead atoms. The van der Waals surface area contributed by atoms with Crippen LogP contribution in [0.5, 0.6) is 0 Å². The molecule has 0 fully saturated rings. The fourth-order valence-corrected chi connectivity index (χ4v) is 2.73. The van der Waals surface area contributed by atoms with Crippen LogP contribution in [0.4, 0.5) is 15.8 Å². The van der Waals surface area contributed by atoms with Crippen LogP contribution in [0.1, 0.15) is 12.5 Å². The molecular formula is C19H18FN3O2S. The van der Waals surface area contributed by atoms with E-state index in [1.807, 2.05) is 0 Å². The van der Waals surface area contributed by atoms with Crippen LogP contribution >= 0.6 is 11.8 Å². The number of nitriles is 1. The molecule has 0 radical (unpaired) electrons. The van der Waals surface area contributed by atoms with Crippen molar-refractivity contribution in [3.63, 3.8) is 0 Å². The van der Waals surface area contributed by atoms with Crippen LogP contribution in [0.15, 0.2) is 48.5 Å². The summed E-state index contributed by atoms with van der Waals surface area (Å²) in [6.45, 7) is 1.72. The van der Waals surface area contributed by atoms with Gasteiger partial charge in [-0.25, -0.2) is 4.39 Å². The van der Waals surface area contributed by atoms with Gasteiger partial charge in [0, 0.05) is 11.4 Å². The number of thioether (sulfide) groups is 1. The van der Waals surface area contributed by atoms with Gasteiger partial charge in [0.15, 0.2) is 0 Å². The van der Waals surface area contributed by atoms with Gasteiger partial charge in [0.25, 0.3) is 0 Å². The van der Waals surface area contributed by atoms with Crippen molar-refractivity contribution in [1.29, 1.82) is 5.26 Å². The Bertz CT molecular complexity index is 801. The van der Waals surface area contributed by atoms with Crippen molar-refractivity contribution in [3.8, 4) is 6.07 Å². The van der Waals surface area contributed by atoms with Gasteiger partial charge in [0.05, 0.1) is 23.5 Å². The number of hydrogen-bond donors (Lipinski definition) is 2. The molecule has 0 saturated carbocycles. The summed E-state index contributed by atoms with van der Waals surface area (Å²) in [5.41, 5.74) is 2.02. The molecule has 0 heterocycles. The monoisotopic (exact) mass is 371 g/mol. The zero-order chi connectivity index (χ0) is 18.9. The molecule has 2 amide bonds. The molecule has 0 aliphatic heterocycles. The minimum atomic E-state index is -0.423. The molecule has 0 saturated heterocycles. The quantitative estimate of drug-likeness (QED) is 0.779. The predicted octanol–water partition coefficient (Wildman–Crippen LogP) is 3.59. The minimum absolute atomic E-state index is 0.104. The van der Waals surface area contributed by atoms with E-state index >= 15 is 0 Å². The Morgan fingerprint density at radius 1 is 1.08 bits per heavy atom. The van der Waals surface area contributed by atoms with Gasteiger partial charge < -0.3 is 10.6 Å². The number of nitrogens with one attached hydrogen (secondary N) is 2.